The minimum absolute atomic E-state index is 0.0129. The minimum Gasteiger partial charge on any atom is -0.380 e. The predicted octanol–water partition coefficient (Wildman–Crippen LogP) is 2.81. The summed E-state index contributed by atoms with van der Waals surface area (Å²) in [6, 6.07) is 2.12. The number of anilines is 1. The van der Waals surface area contributed by atoms with Crippen LogP contribution in [0.2, 0.25) is 5.02 Å². The third-order valence-electron chi connectivity index (χ3n) is 3.79. The van der Waals surface area contributed by atoms with E-state index in [0.29, 0.717) is 11.6 Å². The molecule has 3 heterocycles. The van der Waals surface area contributed by atoms with E-state index in [0.717, 1.165) is 36.1 Å². The topological polar surface area (TPSA) is 61.0 Å². The van der Waals surface area contributed by atoms with Crippen LogP contribution in [0.15, 0.2) is 31.1 Å². The molecule has 1 fully saturated rings. The lowest BCUT2D eigenvalue weighted by molar-refractivity contribution is -0.127. The van der Waals surface area contributed by atoms with E-state index in [4.69, 9.17) is 11.6 Å². The van der Waals surface area contributed by atoms with Crippen LogP contribution in [-0.2, 0) is 4.79 Å². The summed E-state index contributed by atoms with van der Waals surface area (Å²) in [5, 5.41) is 5.03. The van der Waals surface area contributed by atoms with Gasteiger partial charge in [0.2, 0.25) is 5.91 Å². The maximum atomic E-state index is 11.7. The summed E-state index contributed by atoms with van der Waals surface area (Å²) in [5.41, 5.74) is 1.71. The zero-order valence-electron chi connectivity index (χ0n) is 11.6. The van der Waals surface area contributed by atoms with Crippen LogP contribution in [0.25, 0.3) is 11.0 Å². The lowest BCUT2D eigenvalue weighted by atomic mass is 10.0. The zero-order chi connectivity index (χ0) is 14.8. The van der Waals surface area contributed by atoms with E-state index < -0.39 is 0 Å². The number of carbonyl (C=O) groups is 1. The van der Waals surface area contributed by atoms with Crippen molar-refractivity contribution in [3.8, 4) is 0 Å². The van der Waals surface area contributed by atoms with Gasteiger partial charge in [-0.2, -0.15) is 0 Å². The number of amides is 1. The summed E-state index contributed by atoms with van der Waals surface area (Å²) >= 11 is 6.21. The molecule has 1 aliphatic rings. The fraction of sp³-hybridized carbons (Fsp3) is 0.333. The van der Waals surface area contributed by atoms with Crippen molar-refractivity contribution < 1.29 is 4.79 Å². The van der Waals surface area contributed by atoms with Gasteiger partial charge in [0, 0.05) is 37.2 Å². The maximum absolute atomic E-state index is 11.7. The number of fused-ring (bicyclic) bond motifs is 1. The summed E-state index contributed by atoms with van der Waals surface area (Å²) in [7, 11) is 0. The van der Waals surface area contributed by atoms with Gasteiger partial charge in [-0.05, 0) is 25.0 Å². The van der Waals surface area contributed by atoms with Crippen molar-refractivity contribution in [1.29, 1.82) is 0 Å². The highest BCUT2D eigenvalue weighted by molar-refractivity contribution is 6.36. The van der Waals surface area contributed by atoms with Crippen molar-refractivity contribution in [3.05, 3.63) is 36.1 Å². The van der Waals surface area contributed by atoms with E-state index in [-0.39, 0.29) is 11.9 Å². The highest BCUT2D eigenvalue weighted by Crippen LogP contribution is 2.30. The van der Waals surface area contributed by atoms with Crippen LogP contribution >= 0.6 is 11.6 Å². The molecule has 110 valence electrons. The highest BCUT2D eigenvalue weighted by Gasteiger charge is 2.22. The standard InChI is InChI=1S/C15H17ClN4O/c1-2-13(21)20-7-3-4-10(9-20)19-12-5-6-17-15-14(12)11(16)8-18-15/h2,5-6,8,10H,1,3-4,7,9H2,(H2,17,18,19). The number of hydrogen-bond donors (Lipinski definition) is 2. The molecule has 0 aliphatic carbocycles. The molecule has 1 atom stereocenters. The van der Waals surface area contributed by atoms with E-state index in [1.807, 2.05) is 11.0 Å². The number of pyridine rings is 1. The summed E-state index contributed by atoms with van der Waals surface area (Å²) < 4.78 is 0. The van der Waals surface area contributed by atoms with Gasteiger partial charge in [0.05, 0.1) is 10.4 Å². The molecule has 0 saturated carbocycles. The number of aromatic amines is 1. The second-order valence-electron chi connectivity index (χ2n) is 5.19. The molecule has 2 aromatic rings. The summed E-state index contributed by atoms with van der Waals surface area (Å²) in [6.07, 6.45) is 6.85. The Balaban J connectivity index is 1.80. The smallest absolute Gasteiger partial charge is 0.246 e. The molecule has 2 N–H and O–H groups in total. The summed E-state index contributed by atoms with van der Waals surface area (Å²) in [4.78, 5) is 20.9. The number of nitrogens with one attached hydrogen (secondary N) is 2. The molecular weight excluding hydrogens is 288 g/mol. The van der Waals surface area contributed by atoms with Gasteiger partial charge < -0.3 is 15.2 Å². The Labute approximate surface area is 128 Å². The Morgan fingerprint density at radius 1 is 1.62 bits per heavy atom. The fourth-order valence-corrected chi connectivity index (χ4v) is 3.03. The molecule has 5 nitrogen and oxygen atoms in total. The van der Waals surface area contributed by atoms with E-state index in [1.165, 1.54) is 6.08 Å². The van der Waals surface area contributed by atoms with Crippen LogP contribution in [0, 0.1) is 0 Å². The predicted molar refractivity (Wildman–Crippen MR) is 84.5 cm³/mol. The number of rotatable bonds is 3. The first-order valence-corrected chi connectivity index (χ1v) is 7.36. The number of piperidine rings is 1. The molecule has 0 bridgehead atoms. The molecule has 1 saturated heterocycles. The molecule has 1 aliphatic heterocycles. The Bertz CT molecular complexity index is 681. The van der Waals surface area contributed by atoms with Crippen LogP contribution in [0.5, 0.6) is 0 Å². The van der Waals surface area contributed by atoms with E-state index in [2.05, 4.69) is 21.9 Å². The Kier molecular flexibility index (Phi) is 3.84. The summed E-state index contributed by atoms with van der Waals surface area (Å²) in [5.74, 6) is -0.0129. The van der Waals surface area contributed by atoms with Gasteiger partial charge in [-0.3, -0.25) is 4.79 Å². The van der Waals surface area contributed by atoms with Crippen LogP contribution in [0.3, 0.4) is 0 Å². The van der Waals surface area contributed by atoms with Crippen LogP contribution in [-0.4, -0.2) is 39.9 Å². The molecular formula is C15H17ClN4O. The Morgan fingerprint density at radius 2 is 2.48 bits per heavy atom. The van der Waals surface area contributed by atoms with Gasteiger partial charge in [-0.25, -0.2) is 4.98 Å². The quantitative estimate of drug-likeness (QED) is 0.857. The number of carbonyl (C=O) groups excluding carboxylic acids is 1. The molecule has 6 heteroatoms. The second-order valence-corrected chi connectivity index (χ2v) is 5.60. The van der Waals surface area contributed by atoms with E-state index >= 15 is 0 Å². The average Bonchev–Trinajstić information content (AvgIpc) is 2.89. The molecule has 0 spiro atoms. The largest absolute Gasteiger partial charge is 0.380 e. The Morgan fingerprint density at radius 3 is 3.29 bits per heavy atom. The molecule has 21 heavy (non-hydrogen) atoms. The zero-order valence-corrected chi connectivity index (χ0v) is 12.4. The normalized spacial score (nSPS) is 18.7. The van der Waals surface area contributed by atoms with Crippen molar-refractivity contribution in [2.24, 2.45) is 0 Å². The van der Waals surface area contributed by atoms with Gasteiger partial charge in [0.15, 0.2) is 0 Å². The summed E-state index contributed by atoms with van der Waals surface area (Å²) in [6.45, 7) is 5.02. The first-order valence-electron chi connectivity index (χ1n) is 6.98. The van der Waals surface area contributed by atoms with Crippen LogP contribution in [0.4, 0.5) is 5.69 Å². The number of likely N-dealkylation sites (tertiary alicyclic amines) is 1. The van der Waals surface area contributed by atoms with Crippen molar-refractivity contribution in [3.63, 3.8) is 0 Å². The monoisotopic (exact) mass is 304 g/mol. The average molecular weight is 305 g/mol. The SMILES string of the molecule is C=CC(=O)N1CCCC(Nc2ccnc3[nH]cc(Cl)c23)C1. The second kappa shape index (κ2) is 5.77. The first kappa shape index (κ1) is 13.9. The molecule has 1 amide bonds. The molecule has 3 rings (SSSR count). The van der Waals surface area contributed by atoms with Crippen molar-refractivity contribution >= 4 is 34.2 Å². The van der Waals surface area contributed by atoms with E-state index in [1.54, 1.807) is 12.4 Å². The molecule has 0 radical (unpaired) electrons. The van der Waals surface area contributed by atoms with Crippen LogP contribution < -0.4 is 5.32 Å². The lowest BCUT2D eigenvalue weighted by Gasteiger charge is -2.33. The third kappa shape index (κ3) is 2.74. The van der Waals surface area contributed by atoms with Crippen molar-refractivity contribution in [2.75, 3.05) is 18.4 Å². The van der Waals surface area contributed by atoms with Crippen molar-refractivity contribution in [1.82, 2.24) is 14.9 Å². The molecule has 2 aromatic heterocycles. The number of hydrogen-bond acceptors (Lipinski definition) is 3. The number of nitrogens with zero attached hydrogens (tertiary/aromatic N) is 2. The van der Waals surface area contributed by atoms with Crippen LogP contribution in [0.1, 0.15) is 12.8 Å². The minimum atomic E-state index is -0.0129. The highest BCUT2D eigenvalue weighted by atomic mass is 35.5. The van der Waals surface area contributed by atoms with Gasteiger partial charge in [0.25, 0.3) is 0 Å². The van der Waals surface area contributed by atoms with Gasteiger partial charge in [0.1, 0.15) is 5.65 Å². The Hall–Kier alpha value is -2.01. The van der Waals surface area contributed by atoms with Gasteiger partial charge >= 0.3 is 0 Å². The molecule has 0 aromatic carbocycles. The number of aromatic nitrogens is 2. The van der Waals surface area contributed by atoms with E-state index in [9.17, 15) is 4.79 Å². The third-order valence-corrected chi connectivity index (χ3v) is 4.09. The van der Waals surface area contributed by atoms with Gasteiger partial charge in [-0.15, -0.1) is 0 Å². The number of halogens is 1. The molecule has 1 unspecified atom stereocenters. The first-order chi connectivity index (χ1) is 10.2. The number of H-pyrrole nitrogens is 1. The fourth-order valence-electron chi connectivity index (χ4n) is 2.78. The van der Waals surface area contributed by atoms with Crippen molar-refractivity contribution in [2.45, 2.75) is 18.9 Å². The maximum Gasteiger partial charge on any atom is 0.246 e. The lowest BCUT2D eigenvalue weighted by Crippen LogP contribution is -2.44. The van der Waals surface area contributed by atoms with Gasteiger partial charge in [-0.1, -0.05) is 18.2 Å².